The van der Waals surface area contributed by atoms with Crippen molar-refractivity contribution < 1.29 is 9.53 Å². The molecule has 0 aromatic heterocycles. The summed E-state index contributed by atoms with van der Waals surface area (Å²) < 4.78 is 5.41. The molecule has 0 amide bonds. The van der Waals surface area contributed by atoms with Crippen LogP contribution in [0.1, 0.15) is 39.5 Å². The highest BCUT2D eigenvalue weighted by atomic mass is 16.6. The SMILES string of the molecule is C=C1C(=O)O[C@H]2C/C(C)=C/CC/C(C)=C/C[C@H]12. The van der Waals surface area contributed by atoms with E-state index >= 15 is 0 Å². The summed E-state index contributed by atoms with van der Waals surface area (Å²) in [6.07, 6.45) is 8.41. The zero-order valence-corrected chi connectivity index (χ0v) is 10.7. The first-order valence-corrected chi connectivity index (χ1v) is 6.29. The van der Waals surface area contributed by atoms with Crippen molar-refractivity contribution in [1.29, 1.82) is 0 Å². The highest BCUT2D eigenvalue weighted by Crippen LogP contribution is 2.34. The fourth-order valence-corrected chi connectivity index (χ4v) is 2.53. The molecule has 92 valence electrons. The van der Waals surface area contributed by atoms with Crippen molar-refractivity contribution in [1.82, 2.24) is 0 Å². The van der Waals surface area contributed by atoms with Crippen LogP contribution in [-0.2, 0) is 9.53 Å². The molecule has 1 saturated heterocycles. The molecule has 0 spiro atoms. The summed E-state index contributed by atoms with van der Waals surface area (Å²) in [5.41, 5.74) is 3.35. The highest BCUT2D eigenvalue weighted by Gasteiger charge is 2.37. The van der Waals surface area contributed by atoms with E-state index in [4.69, 9.17) is 4.74 Å². The van der Waals surface area contributed by atoms with Gasteiger partial charge in [0.25, 0.3) is 0 Å². The lowest BCUT2D eigenvalue weighted by Crippen LogP contribution is -2.17. The van der Waals surface area contributed by atoms with Crippen LogP contribution in [0.5, 0.6) is 0 Å². The predicted molar refractivity (Wildman–Crippen MR) is 68.5 cm³/mol. The number of hydrogen-bond acceptors (Lipinski definition) is 2. The molecule has 2 rings (SSSR count). The highest BCUT2D eigenvalue weighted by molar-refractivity contribution is 5.90. The normalized spacial score (nSPS) is 36.4. The summed E-state index contributed by atoms with van der Waals surface area (Å²) >= 11 is 0. The van der Waals surface area contributed by atoms with Crippen LogP contribution in [0.4, 0.5) is 0 Å². The van der Waals surface area contributed by atoms with Crippen molar-refractivity contribution in [2.24, 2.45) is 5.92 Å². The third-order valence-electron chi connectivity index (χ3n) is 3.69. The molecule has 0 radical (unpaired) electrons. The van der Waals surface area contributed by atoms with Crippen molar-refractivity contribution in [2.75, 3.05) is 0 Å². The molecule has 2 heteroatoms. The van der Waals surface area contributed by atoms with E-state index in [9.17, 15) is 4.79 Å². The molecule has 0 unspecified atom stereocenters. The first kappa shape index (κ1) is 12.2. The first-order valence-electron chi connectivity index (χ1n) is 6.29. The van der Waals surface area contributed by atoms with Crippen molar-refractivity contribution >= 4 is 5.97 Å². The first-order chi connectivity index (χ1) is 8.08. The van der Waals surface area contributed by atoms with Gasteiger partial charge < -0.3 is 4.74 Å². The van der Waals surface area contributed by atoms with E-state index in [0.29, 0.717) is 5.57 Å². The van der Waals surface area contributed by atoms with Gasteiger partial charge >= 0.3 is 5.97 Å². The third kappa shape index (κ3) is 2.68. The Morgan fingerprint density at radius 1 is 1.29 bits per heavy atom. The van der Waals surface area contributed by atoms with E-state index in [1.807, 2.05) is 0 Å². The molecule has 0 aromatic carbocycles. The molecular weight excluding hydrogens is 212 g/mol. The Labute approximate surface area is 103 Å². The van der Waals surface area contributed by atoms with Crippen LogP contribution < -0.4 is 0 Å². The lowest BCUT2D eigenvalue weighted by atomic mass is 9.88. The van der Waals surface area contributed by atoms with Crippen LogP contribution in [0.25, 0.3) is 0 Å². The second kappa shape index (κ2) is 4.91. The number of rotatable bonds is 0. The summed E-state index contributed by atoms with van der Waals surface area (Å²) in [7, 11) is 0. The van der Waals surface area contributed by atoms with Crippen LogP contribution in [0.15, 0.2) is 35.5 Å². The smallest absolute Gasteiger partial charge is 0.334 e. The van der Waals surface area contributed by atoms with Gasteiger partial charge in [0.05, 0.1) is 0 Å². The summed E-state index contributed by atoms with van der Waals surface area (Å²) in [4.78, 5) is 11.6. The number of allylic oxidation sites excluding steroid dienone is 3. The van der Waals surface area contributed by atoms with Gasteiger partial charge in [0.15, 0.2) is 0 Å². The average molecular weight is 232 g/mol. The van der Waals surface area contributed by atoms with Gasteiger partial charge in [0.1, 0.15) is 6.10 Å². The lowest BCUT2D eigenvalue weighted by Gasteiger charge is -2.18. The Morgan fingerprint density at radius 3 is 2.82 bits per heavy atom. The monoisotopic (exact) mass is 232 g/mol. The molecule has 1 aliphatic heterocycles. The summed E-state index contributed by atoms with van der Waals surface area (Å²) in [6.45, 7) is 8.14. The maximum absolute atomic E-state index is 11.6. The number of carbonyl (C=O) groups excluding carboxylic acids is 1. The number of ether oxygens (including phenoxy) is 1. The average Bonchev–Trinajstić information content (AvgIpc) is 2.52. The quantitative estimate of drug-likeness (QED) is 0.363. The van der Waals surface area contributed by atoms with Gasteiger partial charge in [-0.05, 0) is 33.1 Å². The summed E-state index contributed by atoms with van der Waals surface area (Å²) in [5, 5.41) is 0. The molecule has 1 aliphatic carbocycles. The van der Waals surface area contributed by atoms with E-state index in [1.54, 1.807) is 0 Å². The van der Waals surface area contributed by atoms with Gasteiger partial charge in [-0.15, -0.1) is 0 Å². The van der Waals surface area contributed by atoms with Crippen molar-refractivity contribution in [3.63, 3.8) is 0 Å². The minimum atomic E-state index is -0.210. The molecule has 1 fully saturated rings. The second-order valence-electron chi connectivity index (χ2n) is 5.15. The largest absolute Gasteiger partial charge is 0.458 e. The van der Waals surface area contributed by atoms with Crippen LogP contribution in [0, 0.1) is 5.92 Å². The van der Waals surface area contributed by atoms with Crippen molar-refractivity contribution in [3.05, 3.63) is 35.5 Å². The van der Waals surface area contributed by atoms with Crippen molar-refractivity contribution in [3.8, 4) is 0 Å². The van der Waals surface area contributed by atoms with Crippen LogP contribution in [-0.4, -0.2) is 12.1 Å². The molecular formula is C15H20O2. The van der Waals surface area contributed by atoms with Gasteiger partial charge in [-0.25, -0.2) is 4.79 Å². The minimum Gasteiger partial charge on any atom is -0.458 e. The molecule has 17 heavy (non-hydrogen) atoms. The molecule has 0 bridgehead atoms. The molecule has 2 nitrogen and oxygen atoms in total. The molecule has 2 aliphatic rings. The predicted octanol–water partition coefficient (Wildman–Crippen LogP) is 3.55. The Hall–Kier alpha value is -1.31. The number of hydrogen-bond donors (Lipinski definition) is 0. The van der Waals surface area contributed by atoms with E-state index in [2.05, 4.69) is 32.6 Å². The van der Waals surface area contributed by atoms with Gasteiger partial charge in [-0.1, -0.05) is 29.9 Å². The Kier molecular flexibility index (Phi) is 3.51. The van der Waals surface area contributed by atoms with E-state index in [0.717, 1.165) is 25.7 Å². The third-order valence-corrected chi connectivity index (χ3v) is 3.69. The van der Waals surface area contributed by atoms with Gasteiger partial charge in [-0.3, -0.25) is 0 Å². The molecule has 0 aromatic rings. The maximum atomic E-state index is 11.6. The second-order valence-corrected chi connectivity index (χ2v) is 5.15. The number of esters is 1. The summed E-state index contributed by atoms with van der Waals surface area (Å²) in [6, 6.07) is 0. The fraction of sp³-hybridized carbons (Fsp3) is 0.533. The Balaban J connectivity index is 2.23. The van der Waals surface area contributed by atoms with Gasteiger partial charge in [-0.2, -0.15) is 0 Å². The topological polar surface area (TPSA) is 26.3 Å². The number of carbonyl (C=O) groups is 1. The van der Waals surface area contributed by atoms with Crippen LogP contribution >= 0.6 is 0 Å². The van der Waals surface area contributed by atoms with Gasteiger partial charge in [0, 0.05) is 17.9 Å². The van der Waals surface area contributed by atoms with E-state index in [1.165, 1.54) is 11.1 Å². The zero-order chi connectivity index (χ0) is 12.4. The zero-order valence-electron chi connectivity index (χ0n) is 10.7. The molecule has 0 saturated carbocycles. The standard InChI is InChI=1S/C15H20O2/c1-10-5-4-6-11(2)9-14-13(8-7-10)12(3)15(16)17-14/h6-7,13-14H,3-5,8-9H2,1-2H3/b10-7+,11-6+/t13-,14+/m1/s1. The molecule has 2 atom stereocenters. The molecule has 0 N–H and O–H groups in total. The van der Waals surface area contributed by atoms with Crippen LogP contribution in [0.2, 0.25) is 0 Å². The molecule has 1 heterocycles. The maximum Gasteiger partial charge on any atom is 0.334 e. The van der Waals surface area contributed by atoms with Crippen molar-refractivity contribution in [2.45, 2.75) is 45.6 Å². The Morgan fingerprint density at radius 2 is 2.06 bits per heavy atom. The minimum absolute atomic E-state index is 0.00611. The summed E-state index contributed by atoms with van der Waals surface area (Å²) in [5.74, 6) is -0.0444. The van der Waals surface area contributed by atoms with Gasteiger partial charge in [0.2, 0.25) is 0 Å². The van der Waals surface area contributed by atoms with E-state index < -0.39 is 0 Å². The fourth-order valence-electron chi connectivity index (χ4n) is 2.53. The Bertz CT molecular complexity index is 401. The lowest BCUT2D eigenvalue weighted by molar-refractivity contribution is -0.139. The van der Waals surface area contributed by atoms with Crippen LogP contribution in [0.3, 0.4) is 0 Å². The number of fused-ring (bicyclic) bond motifs is 1. The van der Waals surface area contributed by atoms with E-state index in [-0.39, 0.29) is 18.0 Å².